The predicted octanol–water partition coefficient (Wildman–Crippen LogP) is -5.51. The molecule has 0 saturated heterocycles. The molecule has 10 heteroatoms. The molecule has 0 aliphatic heterocycles. The van der Waals surface area contributed by atoms with Crippen molar-refractivity contribution in [1.29, 1.82) is 0 Å². The SMILES string of the molecule is O=P(O)(O)O.[CaH2].[CaH2].[CaH2].[MgH2].[SrH2]. The van der Waals surface area contributed by atoms with E-state index in [-0.39, 0.29) is 182 Å². The van der Waals surface area contributed by atoms with Crippen LogP contribution in [0.15, 0.2) is 0 Å². The summed E-state index contributed by atoms with van der Waals surface area (Å²) < 4.78 is 8.88. The molecule has 0 saturated carbocycles. The second-order valence-electron chi connectivity index (χ2n) is 0.513. The molecule has 10 heavy (non-hydrogen) atoms. The van der Waals surface area contributed by atoms with Gasteiger partial charge in [-0.25, -0.2) is 4.57 Å². The van der Waals surface area contributed by atoms with E-state index in [4.69, 9.17) is 19.2 Å². The van der Waals surface area contributed by atoms with Gasteiger partial charge in [-0.3, -0.25) is 0 Å². The van der Waals surface area contributed by atoms with Gasteiger partial charge in [0, 0.05) is 0 Å². The molecule has 0 atom stereocenters. The Hall–Kier alpha value is 6.14. The van der Waals surface area contributed by atoms with E-state index < -0.39 is 7.82 Å². The van der Waals surface area contributed by atoms with Gasteiger partial charge in [0.25, 0.3) is 0 Å². The minimum atomic E-state index is -4.64. The summed E-state index contributed by atoms with van der Waals surface area (Å²) >= 11 is 0. The molecule has 52 valence electrons. The van der Waals surface area contributed by atoms with Crippen LogP contribution in [-0.2, 0) is 4.57 Å². The van der Waals surface area contributed by atoms with Crippen molar-refractivity contribution in [2.75, 3.05) is 0 Å². The third-order valence-electron chi connectivity index (χ3n) is 0. The van der Waals surface area contributed by atoms with Crippen LogP contribution >= 0.6 is 7.82 Å². The Morgan fingerprint density at radius 3 is 0.900 bits per heavy atom. The molecule has 4 nitrogen and oxygen atoms in total. The Morgan fingerprint density at radius 1 is 0.900 bits per heavy atom. The van der Waals surface area contributed by atoms with Gasteiger partial charge >= 0.3 is 190 Å². The Balaban J connectivity index is -0.00000000800. The van der Waals surface area contributed by atoms with Crippen LogP contribution in [0.3, 0.4) is 0 Å². The van der Waals surface area contributed by atoms with Crippen LogP contribution < -0.4 is 0 Å². The molecule has 0 unspecified atom stereocenters. The molecular weight excluding hydrogens is 327 g/mol. The van der Waals surface area contributed by atoms with E-state index in [1.165, 1.54) is 0 Å². The van der Waals surface area contributed by atoms with Crippen molar-refractivity contribution < 1.29 is 19.2 Å². The zero-order valence-electron chi connectivity index (χ0n) is 2.20. The molecule has 0 heterocycles. The number of hydrogen-bond acceptors (Lipinski definition) is 1. The molecule has 0 fully saturated rings. The topological polar surface area (TPSA) is 77.8 Å². The summed E-state index contributed by atoms with van der Waals surface area (Å²) in [6, 6.07) is 0. The van der Waals surface area contributed by atoms with Crippen molar-refractivity contribution in [2.45, 2.75) is 0 Å². The van der Waals surface area contributed by atoms with Gasteiger partial charge in [0.05, 0.1) is 0 Å². The van der Waals surface area contributed by atoms with Crippen LogP contribution in [0, 0.1) is 0 Å². The van der Waals surface area contributed by atoms with Crippen molar-refractivity contribution in [3.05, 3.63) is 0 Å². The van der Waals surface area contributed by atoms with E-state index >= 15 is 0 Å². The van der Waals surface area contributed by atoms with Crippen molar-refractivity contribution in [3.63, 3.8) is 0 Å². The molecule has 0 rings (SSSR count). The molecule has 0 radical (unpaired) electrons. The zero-order valence-corrected chi connectivity index (χ0v) is 3.09. The van der Waals surface area contributed by atoms with Gasteiger partial charge in [-0.05, 0) is 0 Å². The summed E-state index contributed by atoms with van der Waals surface area (Å²) in [6.45, 7) is 0. The first-order valence-corrected chi connectivity index (χ1v) is 2.35. The summed E-state index contributed by atoms with van der Waals surface area (Å²) in [5.41, 5.74) is 0. The molecule has 0 amide bonds. The molecule has 0 aromatic carbocycles. The normalized spacial score (nSPS) is 5.90. The Morgan fingerprint density at radius 2 is 0.900 bits per heavy atom. The van der Waals surface area contributed by atoms with E-state index in [1.807, 2.05) is 0 Å². The first-order valence-electron chi connectivity index (χ1n) is 0.783. The van der Waals surface area contributed by atoms with E-state index in [0.29, 0.717) is 0 Å². The second kappa shape index (κ2) is 20.5. The molecule has 0 aromatic heterocycles. The maximum atomic E-state index is 8.88. The molecular formula is H13Ca3MgO4PSr. The molecule has 0 bridgehead atoms. The van der Waals surface area contributed by atoms with Crippen LogP contribution in [0.25, 0.3) is 0 Å². The van der Waals surface area contributed by atoms with Gasteiger partial charge in [-0.2, -0.15) is 0 Å². The molecule has 3 N–H and O–H groups in total. The summed E-state index contributed by atoms with van der Waals surface area (Å²) in [5, 5.41) is 0. The van der Waals surface area contributed by atoms with Gasteiger partial charge in [-0.15, -0.1) is 0 Å². The van der Waals surface area contributed by atoms with Crippen molar-refractivity contribution in [2.24, 2.45) is 0 Å². The standard InChI is InChI=1S/3Ca.Mg.H3O4P.Sr.10H/c;;;;1-5(2,3)4;;;;;;;;;;;/h;;;;(H3,1,2,3,4);;;;;;;;;;;. The van der Waals surface area contributed by atoms with Crippen molar-refractivity contribution >= 4 is 190 Å². The average molecular weight is 340 g/mol. The summed E-state index contributed by atoms with van der Waals surface area (Å²) in [4.78, 5) is 21.6. The fourth-order valence-corrected chi connectivity index (χ4v) is 0. The van der Waals surface area contributed by atoms with E-state index in [9.17, 15) is 0 Å². The van der Waals surface area contributed by atoms with Crippen LogP contribution in [0.1, 0.15) is 0 Å². The Kier molecular flexibility index (Phi) is 73.9. The predicted molar refractivity (Wildman–Crippen MR) is 57.0 cm³/mol. The fraction of sp³-hybridized carbons (Fsp3) is 0. The fourth-order valence-electron chi connectivity index (χ4n) is 0. The first kappa shape index (κ1) is 36.0. The van der Waals surface area contributed by atoms with Crippen LogP contribution in [0.5, 0.6) is 0 Å². The van der Waals surface area contributed by atoms with Gasteiger partial charge in [0.1, 0.15) is 0 Å². The molecule has 0 spiro atoms. The summed E-state index contributed by atoms with van der Waals surface area (Å²) in [6.07, 6.45) is 0. The third-order valence-corrected chi connectivity index (χ3v) is 0. The number of rotatable bonds is 0. The van der Waals surface area contributed by atoms with Gasteiger partial charge in [-0.1, -0.05) is 0 Å². The van der Waals surface area contributed by atoms with E-state index in [2.05, 4.69) is 0 Å². The van der Waals surface area contributed by atoms with E-state index in [0.717, 1.165) is 0 Å². The van der Waals surface area contributed by atoms with Crippen LogP contribution in [-0.4, -0.2) is 196 Å². The minimum absolute atomic E-state index is 0. The van der Waals surface area contributed by atoms with Gasteiger partial charge in [0.2, 0.25) is 0 Å². The van der Waals surface area contributed by atoms with Crippen molar-refractivity contribution in [3.8, 4) is 0 Å². The van der Waals surface area contributed by atoms with E-state index in [1.54, 1.807) is 0 Å². The second-order valence-corrected chi connectivity index (χ2v) is 1.54. The Bertz CT molecular complexity index is 66.6. The molecule has 0 aliphatic carbocycles. The van der Waals surface area contributed by atoms with Crippen LogP contribution in [0.4, 0.5) is 0 Å². The zero-order chi connectivity index (χ0) is 4.50. The monoisotopic (exact) mass is 340 g/mol. The molecule has 0 aromatic rings. The average Bonchev–Trinajstić information content (AvgIpc) is 0.722. The van der Waals surface area contributed by atoms with Crippen molar-refractivity contribution in [1.82, 2.24) is 0 Å². The van der Waals surface area contributed by atoms with Gasteiger partial charge < -0.3 is 14.7 Å². The van der Waals surface area contributed by atoms with Gasteiger partial charge in [0.15, 0.2) is 0 Å². The van der Waals surface area contributed by atoms with Crippen LogP contribution in [0.2, 0.25) is 0 Å². The quantitative estimate of drug-likeness (QED) is 0.304. The Labute approximate surface area is 202 Å². The molecule has 0 aliphatic rings. The number of phosphoric acid groups is 1. The summed E-state index contributed by atoms with van der Waals surface area (Å²) in [7, 11) is -4.64. The number of hydrogen-bond donors (Lipinski definition) is 3. The third kappa shape index (κ3) is 64.8. The maximum absolute atomic E-state index is 8.88. The first-order chi connectivity index (χ1) is 2.00. The summed E-state index contributed by atoms with van der Waals surface area (Å²) in [5.74, 6) is 0.